The summed E-state index contributed by atoms with van der Waals surface area (Å²) in [5, 5.41) is 11.5. The summed E-state index contributed by atoms with van der Waals surface area (Å²) in [6.45, 7) is 3.04. The molecule has 0 saturated heterocycles. The maximum atomic E-state index is 10.9. The van der Waals surface area contributed by atoms with E-state index in [0.717, 1.165) is 0 Å². The predicted molar refractivity (Wildman–Crippen MR) is 59.0 cm³/mol. The number of ether oxygens (including phenoxy) is 1. The van der Waals surface area contributed by atoms with E-state index in [0.29, 0.717) is 17.0 Å². The Morgan fingerprint density at radius 2 is 2.00 bits per heavy atom. The molecule has 0 heterocycles. The number of aromatic carboxylic acids is 1. The molecule has 0 atom stereocenters. The monoisotopic (exact) mass is 223 g/mol. The predicted octanol–water partition coefficient (Wildman–Crippen LogP) is 1.66. The number of carbonyl (C=O) groups is 2. The first kappa shape index (κ1) is 12.0. The minimum atomic E-state index is -1.02. The highest BCUT2D eigenvalue weighted by atomic mass is 16.5. The minimum absolute atomic E-state index is 0.158. The molecule has 0 saturated carbocycles. The van der Waals surface area contributed by atoms with E-state index in [-0.39, 0.29) is 11.5 Å². The molecule has 5 nitrogen and oxygen atoms in total. The van der Waals surface area contributed by atoms with Crippen LogP contribution in [0.4, 0.5) is 5.69 Å². The Morgan fingerprint density at radius 3 is 2.44 bits per heavy atom. The Morgan fingerprint density at radius 1 is 1.38 bits per heavy atom. The smallest absolute Gasteiger partial charge is 0.336 e. The van der Waals surface area contributed by atoms with E-state index in [4.69, 9.17) is 9.84 Å². The number of aryl methyl sites for hydroxylation is 1. The van der Waals surface area contributed by atoms with E-state index < -0.39 is 5.97 Å². The molecule has 1 aromatic carbocycles. The number of rotatable bonds is 3. The fourth-order valence-corrected chi connectivity index (χ4v) is 1.37. The normalized spacial score (nSPS) is 9.69. The zero-order valence-electron chi connectivity index (χ0n) is 9.33. The van der Waals surface area contributed by atoms with Crippen LogP contribution in [0.1, 0.15) is 22.8 Å². The highest BCUT2D eigenvalue weighted by Crippen LogP contribution is 2.28. The van der Waals surface area contributed by atoms with Gasteiger partial charge >= 0.3 is 5.97 Å². The maximum Gasteiger partial charge on any atom is 0.336 e. The fraction of sp³-hybridized carbons (Fsp3) is 0.273. The zero-order valence-corrected chi connectivity index (χ0v) is 9.33. The van der Waals surface area contributed by atoms with Crippen molar-refractivity contribution in [2.75, 3.05) is 12.4 Å². The van der Waals surface area contributed by atoms with Gasteiger partial charge in [-0.05, 0) is 24.6 Å². The number of anilines is 1. The second-order valence-electron chi connectivity index (χ2n) is 3.35. The Labute approximate surface area is 93.0 Å². The van der Waals surface area contributed by atoms with Gasteiger partial charge in [0, 0.05) is 6.92 Å². The van der Waals surface area contributed by atoms with E-state index in [2.05, 4.69) is 5.32 Å². The van der Waals surface area contributed by atoms with Crippen molar-refractivity contribution in [3.05, 3.63) is 23.3 Å². The molecule has 0 aliphatic carbocycles. The lowest BCUT2D eigenvalue weighted by Gasteiger charge is -2.11. The summed E-state index contributed by atoms with van der Waals surface area (Å²) in [5.41, 5.74) is 1.19. The SMILES string of the molecule is COc1cc(C(=O)O)c(C)cc1NC(C)=O. The van der Waals surface area contributed by atoms with Crippen molar-refractivity contribution in [3.63, 3.8) is 0 Å². The number of hydrogen-bond donors (Lipinski definition) is 2. The van der Waals surface area contributed by atoms with Gasteiger partial charge in [-0.1, -0.05) is 0 Å². The van der Waals surface area contributed by atoms with Crippen LogP contribution in [0.25, 0.3) is 0 Å². The number of carbonyl (C=O) groups excluding carboxylic acids is 1. The van der Waals surface area contributed by atoms with Crippen molar-refractivity contribution in [1.29, 1.82) is 0 Å². The molecule has 1 amide bonds. The lowest BCUT2D eigenvalue weighted by molar-refractivity contribution is -0.114. The van der Waals surface area contributed by atoms with Crippen LogP contribution in [0.5, 0.6) is 5.75 Å². The third-order valence-electron chi connectivity index (χ3n) is 2.09. The molecule has 0 radical (unpaired) electrons. The van der Waals surface area contributed by atoms with Crippen LogP contribution in [0.3, 0.4) is 0 Å². The molecule has 5 heteroatoms. The summed E-state index contributed by atoms with van der Waals surface area (Å²) in [5.74, 6) is -0.927. The van der Waals surface area contributed by atoms with Crippen LogP contribution in [0.15, 0.2) is 12.1 Å². The van der Waals surface area contributed by atoms with Gasteiger partial charge < -0.3 is 15.2 Å². The Hall–Kier alpha value is -2.04. The summed E-state index contributed by atoms with van der Waals surface area (Å²) in [4.78, 5) is 21.8. The largest absolute Gasteiger partial charge is 0.495 e. The van der Waals surface area contributed by atoms with E-state index in [1.165, 1.54) is 20.1 Å². The summed E-state index contributed by atoms with van der Waals surface area (Å²) < 4.78 is 5.01. The van der Waals surface area contributed by atoms with Gasteiger partial charge in [0.05, 0.1) is 18.4 Å². The number of benzene rings is 1. The molecule has 0 bridgehead atoms. The first-order valence-electron chi connectivity index (χ1n) is 4.65. The van der Waals surface area contributed by atoms with Crippen molar-refractivity contribution >= 4 is 17.6 Å². The van der Waals surface area contributed by atoms with E-state index in [1.807, 2.05) is 0 Å². The molecule has 0 fully saturated rings. The molecular formula is C11H13NO4. The molecule has 0 unspecified atom stereocenters. The Balaban J connectivity index is 3.26. The highest BCUT2D eigenvalue weighted by molar-refractivity contribution is 5.94. The van der Waals surface area contributed by atoms with Gasteiger partial charge in [0.15, 0.2) is 0 Å². The van der Waals surface area contributed by atoms with Gasteiger partial charge in [-0.2, -0.15) is 0 Å². The highest BCUT2D eigenvalue weighted by Gasteiger charge is 2.13. The van der Waals surface area contributed by atoms with Crippen LogP contribution in [-0.2, 0) is 4.79 Å². The number of carboxylic acid groups (broad SMARTS) is 1. The van der Waals surface area contributed by atoms with Crippen molar-refractivity contribution in [3.8, 4) is 5.75 Å². The average molecular weight is 223 g/mol. The van der Waals surface area contributed by atoms with Crippen molar-refractivity contribution in [2.45, 2.75) is 13.8 Å². The summed E-state index contributed by atoms with van der Waals surface area (Å²) in [7, 11) is 1.42. The molecule has 0 spiro atoms. The quantitative estimate of drug-likeness (QED) is 0.817. The third-order valence-corrected chi connectivity index (χ3v) is 2.09. The fourth-order valence-electron chi connectivity index (χ4n) is 1.37. The first-order valence-corrected chi connectivity index (χ1v) is 4.65. The lowest BCUT2D eigenvalue weighted by atomic mass is 10.1. The van der Waals surface area contributed by atoms with Crippen LogP contribution in [-0.4, -0.2) is 24.1 Å². The third kappa shape index (κ3) is 2.50. The van der Waals surface area contributed by atoms with Crippen molar-refractivity contribution in [2.24, 2.45) is 0 Å². The number of nitrogens with one attached hydrogen (secondary N) is 1. The molecule has 1 rings (SSSR count). The summed E-state index contributed by atoms with van der Waals surface area (Å²) in [6, 6.07) is 2.96. The van der Waals surface area contributed by atoms with Gasteiger partial charge in [-0.25, -0.2) is 4.79 Å². The zero-order chi connectivity index (χ0) is 12.3. The van der Waals surface area contributed by atoms with Crippen LogP contribution in [0.2, 0.25) is 0 Å². The van der Waals surface area contributed by atoms with Crippen molar-refractivity contribution < 1.29 is 19.4 Å². The molecule has 86 valence electrons. The topological polar surface area (TPSA) is 75.6 Å². The molecule has 0 aliphatic heterocycles. The van der Waals surface area contributed by atoms with Gasteiger partial charge in [0.25, 0.3) is 0 Å². The maximum absolute atomic E-state index is 10.9. The Bertz CT molecular complexity index is 440. The van der Waals surface area contributed by atoms with E-state index >= 15 is 0 Å². The molecule has 0 aliphatic rings. The number of amides is 1. The van der Waals surface area contributed by atoms with Crippen LogP contribution >= 0.6 is 0 Å². The van der Waals surface area contributed by atoms with Gasteiger partial charge in [-0.3, -0.25) is 4.79 Å². The second-order valence-corrected chi connectivity index (χ2v) is 3.35. The van der Waals surface area contributed by atoms with E-state index in [9.17, 15) is 9.59 Å². The number of methoxy groups -OCH3 is 1. The number of carboxylic acids is 1. The summed E-state index contributed by atoms with van der Waals surface area (Å²) >= 11 is 0. The summed E-state index contributed by atoms with van der Waals surface area (Å²) in [6.07, 6.45) is 0. The van der Waals surface area contributed by atoms with E-state index in [1.54, 1.807) is 13.0 Å². The molecule has 0 aromatic heterocycles. The Kier molecular flexibility index (Phi) is 3.50. The molecule has 2 N–H and O–H groups in total. The van der Waals surface area contributed by atoms with Gasteiger partial charge in [-0.15, -0.1) is 0 Å². The minimum Gasteiger partial charge on any atom is -0.495 e. The molecular weight excluding hydrogens is 210 g/mol. The molecule has 1 aromatic rings. The van der Waals surface area contributed by atoms with Crippen molar-refractivity contribution in [1.82, 2.24) is 0 Å². The molecule has 16 heavy (non-hydrogen) atoms. The standard InChI is InChI=1S/C11H13NO4/c1-6-4-9(12-7(2)13)10(16-3)5-8(6)11(14)15/h4-5H,1-3H3,(H,12,13)(H,14,15). The van der Waals surface area contributed by atoms with Crippen LogP contribution < -0.4 is 10.1 Å². The average Bonchev–Trinajstić information content (AvgIpc) is 2.16. The van der Waals surface area contributed by atoms with Gasteiger partial charge in [0.2, 0.25) is 5.91 Å². The lowest BCUT2D eigenvalue weighted by Crippen LogP contribution is -2.09. The van der Waals surface area contributed by atoms with Crippen LogP contribution in [0, 0.1) is 6.92 Å². The number of hydrogen-bond acceptors (Lipinski definition) is 3. The second kappa shape index (κ2) is 4.65. The first-order chi connectivity index (χ1) is 7.45. The van der Waals surface area contributed by atoms with Gasteiger partial charge in [0.1, 0.15) is 5.75 Å².